The summed E-state index contributed by atoms with van der Waals surface area (Å²) in [6.07, 6.45) is 3.74. The molecule has 0 spiro atoms. The lowest BCUT2D eigenvalue weighted by molar-refractivity contribution is -0.119. The number of nitrogens with two attached hydrogens (primary N) is 1. The lowest BCUT2D eigenvalue weighted by Crippen LogP contribution is -2.53. The van der Waals surface area contributed by atoms with E-state index in [1.807, 2.05) is 34.6 Å². The zero-order valence-electron chi connectivity index (χ0n) is 17.0. The summed E-state index contributed by atoms with van der Waals surface area (Å²) in [5.74, 6) is 0.862. The molecule has 1 saturated heterocycles. The van der Waals surface area contributed by atoms with E-state index in [2.05, 4.69) is 9.97 Å². The van der Waals surface area contributed by atoms with E-state index in [1.165, 1.54) is 6.33 Å². The summed E-state index contributed by atoms with van der Waals surface area (Å²) in [7, 11) is 0. The Morgan fingerprint density at radius 1 is 1.37 bits per heavy atom. The zero-order valence-corrected chi connectivity index (χ0v) is 17.0. The van der Waals surface area contributed by atoms with Crippen molar-refractivity contribution in [3.63, 3.8) is 0 Å². The van der Waals surface area contributed by atoms with Gasteiger partial charge in [0.2, 0.25) is 5.91 Å². The van der Waals surface area contributed by atoms with Crippen LogP contribution in [-0.4, -0.2) is 51.6 Å². The van der Waals surface area contributed by atoms with Gasteiger partial charge in [-0.3, -0.25) is 9.69 Å². The monoisotopic (exact) mass is 377 g/mol. The fourth-order valence-corrected chi connectivity index (χ4v) is 3.18. The molecule has 1 fully saturated rings. The first-order valence-electron chi connectivity index (χ1n) is 9.51. The van der Waals surface area contributed by atoms with Crippen LogP contribution in [0, 0.1) is 6.92 Å². The van der Waals surface area contributed by atoms with Gasteiger partial charge >= 0.3 is 6.09 Å². The van der Waals surface area contributed by atoms with Crippen LogP contribution < -0.4 is 10.6 Å². The molecule has 8 heteroatoms. The maximum absolute atomic E-state index is 12.9. The third-order valence-electron chi connectivity index (χ3n) is 4.47. The van der Waals surface area contributed by atoms with E-state index < -0.39 is 5.60 Å². The minimum absolute atomic E-state index is 0.0188. The van der Waals surface area contributed by atoms with Crippen molar-refractivity contribution in [2.45, 2.75) is 71.9 Å². The van der Waals surface area contributed by atoms with Gasteiger partial charge in [0.1, 0.15) is 23.6 Å². The number of likely N-dealkylation sites (tertiary alicyclic amines) is 1. The van der Waals surface area contributed by atoms with Crippen LogP contribution in [0.2, 0.25) is 0 Å². The molecule has 0 aromatic carbocycles. The van der Waals surface area contributed by atoms with Gasteiger partial charge in [0.05, 0.1) is 6.04 Å². The van der Waals surface area contributed by atoms with Gasteiger partial charge in [0.15, 0.2) is 0 Å². The molecule has 1 unspecified atom stereocenters. The van der Waals surface area contributed by atoms with Crippen molar-refractivity contribution >= 4 is 23.6 Å². The Bertz CT molecular complexity index is 686. The molecule has 1 aliphatic rings. The lowest BCUT2D eigenvalue weighted by atomic mass is 10.0. The smallest absolute Gasteiger partial charge is 0.410 e. The average molecular weight is 377 g/mol. The first-order valence-corrected chi connectivity index (χ1v) is 9.51. The van der Waals surface area contributed by atoms with Crippen molar-refractivity contribution in [1.29, 1.82) is 0 Å². The van der Waals surface area contributed by atoms with Crippen LogP contribution in [0.5, 0.6) is 0 Å². The van der Waals surface area contributed by atoms with E-state index in [9.17, 15) is 9.59 Å². The van der Waals surface area contributed by atoms with Gasteiger partial charge in [-0.1, -0.05) is 6.92 Å². The molecule has 150 valence electrons. The van der Waals surface area contributed by atoms with Crippen LogP contribution in [0.3, 0.4) is 0 Å². The van der Waals surface area contributed by atoms with Crippen molar-refractivity contribution in [3.8, 4) is 0 Å². The highest BCUT2D eigenvalue weighted by Crippen LogP contribution is 2.27. The molecule has 2 heterocycles. The minimum atomic E-state index is -0.556. The van der Waals surface area contributed by atoms with Gasteiger partial charge in [-0.2, -0.15) is 0 Å². The molecule has 0 saturated carbocycles. The van der Waals surface area contributed by atoms with Gasteiger partial charge in [0, 0.05) is 25.1 Å². The standard InChI is InChI=1S/C19H31N5O3/c1-6-8-15(25)24(17-13(2)16(20)21-12-22-17)14-9-7-10-23(11-14)18(26)27-19(3,4)5/h12,14H,6-11H2,1-5H3,(H2,20,21,22). The number of carbonyl (C=O) groups excluding carboxylic acids is 2. The average Bonchev–Trinajstić information content (AvgIpc) is 2.58. The fourth-order valence-electron chi connectivity index (χ4n) is 3.18. The highest BCUT2D eigenvalue weighted by molar-refractivity contribution is 5.94. The van der Waals surface area contributed by atoms with Crippen molar-refractivity contribution in [2.75, 3.05) is 23.7 Å². The molecule has 2 amide bonds. The number of piperidine rings is 1. The molecule has 8 nitrogen and oxygen atoms in total. The second-order valence-electron chi connectivity index (χ2n) is 7.94. The number of carbonyl (C=O) groups is 2. The third-order valence-corrected chi connectivity index (χ3v) is 4.47. The van der Waals surface area contributed by atoms with Gasteiger partial charge in [-0.15, -0.1) is 0 Å². The highest BCUT2D eigenvalue weighted by atomic mass is 16.6. The van der Waals surface area contributed by atoms with Crippen molar-refractivity contribution in [3.05, 3.63) is 11.9 Å². The lowest BCUT2D eigenvalue weighted by Gasteiger charge is -2.39. The van der Waals surface area contributed by atoms with Crippen LogP contribution in [-0.2, 0) is 9.53 Å². The Hall–Kier alpha value is -2.38. The molecular weight excluding hydrogens is 346 g/mol. The van der Waals surface area contributed by atoms with Gasteiger partial charge in [-0.05, 0) is 47.0 Å². The fraction of sp³-hybridized carbons (Fsp3) is 0.684. The van der Waals surface area contributed by atoms with Crippen molar-refractivity contribution in [2.24, 2.45) is 0 Å². The number of nitrogens with zero attached hydrogens (tertiary/aromatic N) is 4. The first-order chi connectivity index (χ1) is 12.6. The summed E-state index contributed by atoms with van der Waals surface area (Å²) in [4.78, 5) is 37.1. The second-order valence-corrected chi connectivity index (χ2v) is 7.94. The Balaban J connectivity index is 2.28. The Labute approximate surface area is 161 Å². The van der Waals surface area contributed by atoms with E-state index in [4.69, 9.17) is 10.5 Å². The largest absolute Gasteiger partial charge is 0.444 e. The maximum Gasteiger partial charge on any atom is 0.410 e. The summed E-state index contributed by atoms with van der Waals surface area (Å²) < 4.78 is 5.50. The summed E-state index contributed by atoms with van der Waals surface area (Å²) in [6.45, 7) is 10.3. The number of ether oxygens (including phenoxy) is 1. The van der Waals surface area contributed by atoms with E-state index in [0.717, 1.165) is 19.3 Å². The molecule has 27 heavy (non-hydrogen) atoms. The molecule has 2 rings (SSSR count). The molecule has 0 bridgehead atoms. The Morgan fingerprint density at radius 2 is 2.07 bits per heavy atom. The van der Waals surface area contributed by atoms with E-state index in [1.54, 1.807) is 9.80 Å². The molecule has 0 radical (unpaired) electrons. The van der Waals surface area contributed by atoms with Crippen molar-refractivity contribution < 1.29 is 14.3 Å². The summed E-state index contributed by atoms with van der Waals surface area (Å²) in [5, 5.41) is 0. The van der Waals surface area contributed by atoms with Crippen LogP contribution in [0.4, 0.5) is 16.4 Å². The number of hydrogen-bond donors (Lipinski definition) is 1. The molecule has 0 aliphatic carbocycles. The third kappa shape index (κ3) is 5.30. The molecular formula is C19H31N5O3. The molecule has 1 atom stereocenters. The second kappa shape index (κ2) is 8.54. The van der Waals surface area contributed by atoms with Crippen LogP contribution in [0.25, 0.3) is 0 Å². The highest BCUT2D eigenvalue weighted by Gasteiger charge is 2.34. The molecule has 1 aromatic rings. The normalized spacial score (nSPS) is 17.5. The van der Waals surface area contributed by atoms with Crippen molar-refractivity contribution in [1.82, 2.24) is 14.9 Å². The van der Waals surface area contributed by atoms with E-state index >= 15 is 0 Å². The van der Waals surface area contributed by atoms with Crippen LogP contribution >= 0.6 is 0 Å². The number of amides is 2. The van der Waals surface area contributed by atoms with E-state index in [0.29, 0.717) is 36.7 Å². The summed E-state index contributed by atoms with van der Waals surface area (Å²) in [6, 6.07) is -0.168. The van der Waals surface area contributed by atoms with Crippen LogP contribution in [0.1, 0.15) is 58.9 Å². The summed E-state index contributed by atoms with van der Waals surface area (Å²) in [5.41, 5.74) is 6.05. The zero-order chi connectivity index (χ0) is 20.2. The van der Waals surface area contributed by atoms with Gasteiger partial charge in [-0.25, -0.2) is 14.8 Å². The Morgan fingerprint density at radius 3 is 2.70 bits per heavy atom. The number of nitrogen functional groups attached to an aromatic ring is 1. The number of aromatic nitrogens is 2. The Kier molecular flexibility index (Phi) is 6.62. The summed E-state index contributed by atoms with van der Waals surface area (Å²) >= 11 is 0. The molecule has 1 aliphatic heterocycles. The quantitative estimate of drug-likeness (QED) is 0.866. The topological polar surface area (TPSA) is 102 Å². The maximum atomic E-state index is 12.9. The predicted molar refractivity (Wildman–Crippen MR) is 104 cm³/mol. The molecule has 1 aromatic heterocycles. The number of anilines is 2. The number of rotatable bonds is 4. The minimum Gasteiger partial charge on any atom is -0.444 e. The predicted octanol–water partition coefficient (Wildman–Crippen LogP) is 2.90. The SMILES string of the molecule is CCCC(=O)N(c1ncnc(N)c1C)C1CCCN(C(=O)OC(C)(C)C)C1. The van der Waals surface area contributed by atoms with Gasteiger partial charge < -0.3 is 15.4 Å². The van der Waals surface area contributed by atoms with Gasteiger partial charge in [0.25, 0.3) is 0 Å². The first kappa shape index (κ1) is 20.9. The van der Waals surface area contributed by atoms with E-state index in [-0.39, 0.29) is 18.0 Å². The van der Waals surface area contributed by atoms with Crippen LogP contribution in [0.15, 0.2) is 6.33 Å². The number of hydrogen-bond acceptors (Lipinski definition) is 6. The molecule has 2 N–H and O–H groups in total.